The van der Waals surface area contributed by atoms with E-state index in [1.165, 1.54) is 0 Å². The molecule has 0 bridgehead atoms. The molecule has 0 aliphatic heterocycles. The minimum absolute atomic E-state index is 0.252. The van der Waals surface area contributed by atoms with Crippen LogP contribution in [0.4, 0.5) is 20.3 Å². The molecule has 0 spiro atoms. The fourth-order valence-corrected chi connectivity index (χ4v) is 2.45. The molecule has 1 heterocycles. The third-order valence-electron chi connectivity index (χ3n) is 3.94. The lowest BCUT2D eigenvalue weighted by molar-refractivity contribution is 0.0269. The highest BCUT2D eigenvalue weighted by Crippen LogP contribution is 2.27. The number of carbonyl (C=O) groups is 1. The Bertz CT molecular complexity index is 910. The third kappa shape index (κ3) is 5.57. The van der Waals surface area contributed by atoms with Crippen LogP contribution in [0.1, 0.15) is 28.4 Å². The van der Waals surface area contributed by atoms with Gasteiger partial charge in [0, 0.05) is 6.20 Å². The molecule has 1 unspecified atom stereocenters. The van der Waals surface area contributed by atoms with E-state index in [2.05, 4.69) is 20.7 Å². The van der Waals surface area contributed by atoms with Crippen LogP contribution in [0.5, 0.6) is 0 Å². The zero-order chi connectivity index (χ0) is 21.4. The van der Waals surface area contributed by atoms with Crippen molar-refractivity contribution in [1.29, 1.82) is 0 Å². The Balaban J connectivity index is 2.25. The second-order valence-corrected chi connectivity index (χ2v) is 6.10. The Kier molecular flexibility index (Phi) is 7.78. The van der Waals surface area contributed by atoms with Crippen LogP contribution in [-0.2, 0) is 11.3 Å². The molecule has 2 aromatic rings. The van der Waals surface area contributed by atoms with Gasteiger partial charge in [0.05, 0.1) is 11.3 Å². The number of hydrogen-bond acceptors (Lipinski definition) is 8. The summed E-state index contributed by atoms with van der Waals surface area (Å²) in [7, 11) is 0. The largest absolute Gasteiger partial charge is 0.337 e. The molecule has 2 rings (SSSR count). The quantitative estimate of drug-likeness (QED) is 0.459. The molecule has 9 nitrogen and oxygen atoms in total. The first-order valence-electron chi connectivity index (χ1n) is 8.65. The van der Waals surface area contributed by atoms with Gasteiger partial charge in [-0.1, -0.05) is 23.3 Å². The number of hydroxylamine groups is 1. The molecule has 1 aromatic carbocycles. The second-order valence-electron chi connectivity index (χ2n) is 6.10. The van der Waals surface area contributed by atoms with Gasteiger partial charge in [-0.2, -0.15) is 9.81 Å². The van der Waals surface area contributed by atoms with Crippen molar-refractivity contribution >= 4 is 17.4 Å². The van der Waals surface area contributed by atoms with Gasteiger partial charge in [0.15, 0.2) is 11.6 Å². The summed E-state index contributed by atoms with van der Waals surface area (Å²) in [6.45, 7) is 2.89. The van der Waals surface area contributed by atoms with Crippen molar-refractivity contribution in [2.45, 2.75) is 26.3 Å². The average molecular weight is 407 g/mol. The Labute approximate surface area is 164 Å². The average Bonchev–Trinajstić information content (AvgIpc) is 2.71. The number of rotatable bonds is 10. The highest BCUT2D eigenvalue weighted by molar-refractivity contribution is 5.99. The summed E-state index contributed by atoms with van der Waals surface area (Å²) in [5.41, 5.74) is 2.97. The topological polar surface area (TPSA) is 122 Å². The minimum Gasteiger partial charge on any atom is -0.337 e. The molecule has 1 atom stereocenters. The van der Waals surface area contributed by atoms with Gasteiger partial charge in [0.2, 0.25) is 0 Å². The Hall–Kier alpha value is -3.34. The van der Waals surface area contributed by atoms with E-state index in [0.717, 1.165) is 23.3 Å². The SMILES string of the molecule is CCc1cc(C)cnc1Nc1c(C(=O)NOCC(CN=O)N=O)ccc(F)c1F. The molecular weight excluding hydrogens is 388 g/mol. The van der Waals surface area contributed by atoms with Crippen LogP contribution in [0.15, 0.2) is 34.7 Å². The van der Waals surface area contributed by atoms with Crippen molar-refractivity contribution in [3.05, 3.63) is 62.5 Å². The van der Waals surface area contributed by atoms with Gasteiger partial charge >= 0.3 is 0 Å². The van der Waals surface area contributed by atoms with Gasteiger partial charge in [-0.15, -0.1) is 0 Å². The predicted molar refractivity (Wildman–Crippen MR) is 102 cm³/mol. The lowest BCUT2D eigenvalue weighted by atomic mass is 10.1. The van der Waals surface area contributed by atoms with Gasteiger partial charge < -0.3 is 5.32 Å². The smallest absolute Gasteiger partial charge is 0.277 e. The Morgan fingerprint density at radius 2 is 2.07 bits per heavy atom. The van der Waals surface area contributed by atoms with Crippen molar-refractivity contribution in [1.82, 2.24) is 10.5 Å². The number of carbonyl (C=O) groups excluding carboxylic acids is 1. The molecule has 0 aliphatic carbocycles. The number of pyridine rings is 1. The number of aromatic nitrogens is 1. The second kappa shape index (κ2) is 10.3. The molecule has 0 aliphatic rings. The highest BCUT2D eigenvalue weighted by Gasteiger charge is 2.21. The summed E-state index contributed by atoms with van der Waals surface area (Å²) in [6.07, 6.45) is 2.12. The van der Waals surface area contributed by atoms with E-state index in [0.29, 0.717) is 6.42 Å². The third-order valence-corrected chi connectivity index (χ3v) is 3.94. The molecule has 0 saturated heterocycles. The molecule has 29 heavy (non-hydrogen) atoms. The van der Waals surface area contributed by atoms with Crippen LogP contribution < -0.4 is 10.8 Å². The number of benzene rings is 1. The number of anilines is 2. The number of halogens is 2. The first-order valence-corrected chi connectivity index (χ1v) is 8.65. The van der Waals surface area contributed by atoms with Crippen LogP contribution in [0.3, 0.4) is 0 Å². The van der Waals surface area contributed by atoms with E-state index >= 15 is 0 Å². The van der Waals surface area contributed by atoms with Gasteiger partial charge in [-0.25, -0.2) is 19.2 Å². The maximum absolute atomic E-state index is 14.4. The fraction of sp³-hybridized carbons (Fsp3) is 0.333. The molecule has 154 valence electrons. The lowest BCUT2D eigenvalue weighted by Crippen LogP contribution is -2.29. The van der Waals surface area contributed by atoms with E-state index in [9.17, 15) is 23.4 Å². The van der Waals surface area contributed by atoms with Crippen molar-refractivity contribution in [3.63, 3.8) is 0 Å². The molecule has 11 heteroatoms. The van der Waals surface area contributed by atoms with E-state index in [1.54, 1.807) is 6.20 Å². The first kappa shape index (κ1) is 22.0. The summed E-state index contributed by atoms with van der Waals surface area (Å²) < 4.78 is 28.2. The number of aryl methyl sites for hydroxylation is 2. The van der Waals surface area contributed by atoms with Gasteiger partial charge in [0.25, 0.3) is 5.91 Å². The summed E-state index contributed by atoms with van der Waals surface area (Å²) in [4.78, 5) is 42.1. The maximum atomic E-state index is 14.4. The Morgan fingerprint density at radius 3 is 2.72 bits per heavy atom. The summed E-state index contributed by atoms with van der Waals surface area (Å²) in [5, 5.41) is 7.82. The molecule has 0 saturated carbocycles. The molecule has 0 radical (unpaired) electrons. The van der Waals surface area contributed by atoms with Crippen LogP contribution in [-0.4, -0.2) is 30.1 Å². The molecule has 1 aromatic heterocycles. The predicted octanol–water partition coefficient (Wildman–Crippen LogP) is 3.54. The minimum atomic E-state index is -1.26. The molecule has 2 N–H and O–H groups in total. The molecule has 0 fully saturated rings. The standard InChI is InChI=1S/C18H19F2N5O4/c1-3-11-6-10(2)7-21-17(11)23-16-13(4-5-14(19)15(16)20)18(26)25-29-9-12(24-28)8-22-27/h4-7,12H,3,8-9H2,1-2H3,(H,21,23)(H,25,26). The number of nitroso groups, excluding NO2 is 2. The summed E-state index contributed by atoms with van der Waals surface area (Å²) >= 11 is 0. The van der Waals surface area contributed by atoms with Crippen LogP contribution >= 0.6 is 0 Å². The van der Waals surface area contributed by atoms with Crippen LogP contribution in [0.2, 0.25) is 0 Å². The maximum Gasteiger partial charge on any atom is 0.277 e. The van der Waals surface area contributed by atoms with Crippen molar-refractivity contribution < 1.29 is 18.4 Å². The monoisotopic (exact) mass is 407 g/mol. The van der Waals surface area contributed by atoms with E-state index in [1.807, 2.05) is 25.4 Å². The summed E-state index contributed by atoms with van der Waals surface area (Å²) in [6, 6.07) is 2.62. The number of nitrogens with zero attached hydrogens (tertiary/aromatic N) is 3. The van der Waals surface area contributed by atoms with Gasteiger partial charge in [-0.05, 0) is 36.6 Å². The number of nitrogens with one attached hydrogen (secondary N) is 2. The number of hydrogen-bond donors (Lipinski definition) is 2. The highest BCUT2D eigenvalue weighted by atomic mass is 19.2. The zero-order valence-electron chi connectivity index (χ0n) is 15.7. The Morgan fingerprint density at radius 1 is 1.31 bits per heavy atom. The van der Waals surface area contributed by atoms with E-state index < -0.39 is 42.4 Å². The fourth-order valence-electron chi connectivity index (χ4n) is 2.45. The van der Waals surface area contributed by atoms with Crippen LogP contribution in [0.25, 0.3) is 0 Å². The zero-order valence-corrected chi connectivity index (χ0v) is 15.7. The van der Waals surface area contributed by atoms with Crippen LogP contribution in [0, 0.1) is 28.4 Å². The lowest BCUT2D eigenvalue weighted by Gasteiger charge is -2.15. The van der Waals surface area contributed by atoms with Gasteiger partial charge in [-0.3, -0.25) is 9.63 Å². The normalized spacial score (nSPS) is 11.6. The van der Waals surface area contributed by atoms with Crippen molar-refractivity contribution in [3.8, 4) is 0 Å². The van der Waals surface area contributed by atoms with Gasteiger partial charge in [0.1, 0.15) is 25.0 Å². The molecular formula is C18H19F2N5O4. The van der Waals surface area contributed by atoms with Crippen molar-refractivity contribution in [2.24, 2.45) is 10.4 Å². The van der Waals surface area contributed by atoms with Crippen molar-refractivity contribution in [2.75, 3.05) is 18.5 Å². The van der Waals surface area contributed by atoms with E-state index in [4.69, 9.17) is 4.84 Å². The first-order chi connectivity index (χ1) is 13.9. The summed E-state index contributed by atoms with van der Waals surface area (Å²) in [5.74, 6) is -3.04. The van der Waals surface area contributed by atoms with E-state index in [-0.39, 0.29) is 11.4 Å². The number of amides is 1. The molecule has 1 amide bonds.